The molecule has 0 aliphatic carbocycles. The van der Waals surface area contributed by atoms with Gasteiger partial charge in [-0.1, -0.05) is 0 Å². The Hall–Kier alpha value is -0.0800. The second-order valence-electron chi connectivity index (χ2n) is 4.82. The molecule has 100 valence electrons. The Balaban J connectivity index is 2.32. The lowest BCUT2D eigenvalue weighted by Gasteiger charge is -2.36. The van der Waals surface area contributed by atoms with E-state index in [0.717, 1.165) is 37.6 Å². The molecule has 0 bridgehead atoms. The van der Waals surface area contributed by atoms with Crippen molar-refractivity contribution in [2.24, 2.45) is 5.41 Å². The van der Waals surface area contributed by atoms with Crippen LogP contribution < -0.4 is 5.56 Å². The molecule has 1 aliphatic rings. The Morgan fingerprint density at radius 1 is 1.56 bits per heavy atom. The van der Waals surface area contributed by atoms with Gasteiger partial charge in [-0.15, -0.1) is 0 Å². The average Bonchev–Trinajstić information content (AvgIpc) is 2.40. The quantitative estimate of drug-likeness (QED) is 0.644. The number of ether oxygens (including phenoxy) is 1. The Labute approximate surface area is 126 Å². The highest BCUT2D eigenvalue weighted by Crippen LogP contribution is 2.33. The molecule has 6 heteroatoms. The molecular formula is C12H17IN2O2S. The molecule has 1 aliphatic heterocycles. The molecule has 0 amide bonds. The molecule has 0 atom stereocenters. The monoisotopic (exact) mass is 380 g/mol. The largest absolute Gasteiger partial charge is 0.381 e. The smallest absolute Gasteiger partial charge is 0.266 e. The van der Waals surface area contributed by atoms with Gasteiger partial charge in [0.2, 0.25) is 0 Å². The summed E-state index contributed by atoms with van der Waals surface area (Å²) in [5.74, 6) is 1.54. The normalized spacial score (nSPS) is 18.8. The van der Waals surface area contributed by atoms with Crippen molar-refractivity contribution in [2.45, 2.75) is 26.3 Å². The summed E-state index contributed by atoms with van der Waals surface area (Å²) in [5, 5.41) is 0. The summed E-state index contributed by atoms with van der Waals surface area (Å²) >= 11 is 6.52. The molecule has 0 unspecified atom stereocenters. The molecule has 0 aromatic carbocycles. The van der Waals surface area contributed by atoms with Crippen LogP contribution in [0.4, 0.5) is 0 Å². The van der Waals surface area contributed by atoms with Crippen LogP contribution >= 0.6 is 35.2 Å². The van der Waals surface area contributed by atoms with Crippen molar-refractivity contribution in [3.8, 4) is 0 Å². The van der Waals surface area contributed by atoms with Crippen LogP contribution in [0.15, 0.2) is 11.0 Å². The van der Waals surface area contributed by atoms with E-state index in [1.165, 1.54) is 0 Å². The number of aromatic nitrogens is 2. The second kappa shape index (κ2) is 5.92. The third-order valence-corrected chi connectivity index (χ3v) is 5.00. The molecule has 0 saturated carbocycles. The van der Waals surface area contributed by atoms with Crippen LogP contribution in [0.2, 0.25) is 0 Å². The van der Waals surface area contributed by atoms with Crippen molar-refractivity contribution in [1.82, 2.24) is 9.55 Å². The van der Waals surface area contributed by atoms with Gasteiger partial charge in [-0.25, -0.2) is 4.98 Å². The van der Waals surface area contributed by atoms with E-state index in [1.807, 2.05) is 29.5 Å². The summed E-state index contributed by atoms with van der Waals surface area (Å²) in [7, 11) is 0. The van der Waals surface area contributed by atoms with E-state index in [0.29, 0.717) is 10.1 Å². The zero-order chi connectivity index (χ0) is 13.2. The van der Waals surface area contributed by atoms with Crippen LogP contribution in [-0.4, -0.2) is 28.5 Å². The van der Waals surface area contributed by atoms with Crippen molar-refractivity contribution >= 4 is 35.2 Å². The van der Waals surface area contributed by atoms with E-state index in [1.54, 1.807) is 10.8 Å². The highest BCUT2D eigenvalue weighted by molar-refractivity contribution is 14.1. The molecule has 1 aromatic rings. The molecule has 0 spiro atoms. The van der Waals surface area contributed by atoms with E-state index in [-0.39, 0.29) is 11.0 Å². The molecule has 1 saturated heterocycles. The minimum absolute atomic E-state index is 0.0516. The average molecular weight is 380 g/mol. The first-order valence-electron chi connectivity index (χ1n) is 5.98. The molecule has 2 rings (SSSR count). The highest BCUT2D eigenvalue weighted by atomic mass is 127. The van der Waals surface area contributed by atoms with Crippen molar-refractivity contribution in [3.05, 3.63) is 25.9 Å². The summed E-state index contributed by atoms with van der Waals surface area (Å²) < 4.78 is 7.86. The van der Waals surface area contributed by atoms with Crippen molar-refractivity contribution in [1.29, 1.82) is 0 Å². The predicted molar refractivity (Wildman–Crippen MR) is 82.3 cm³/mol. The summed E-state index contributed by atoms with van der Waals surface area (Å²) in [6.07, 6.45) is 3.54. The second-order valence-corrected chi connectivity index (χ2v) is 6.29. The minimum Gasteiger partial charge on any atom is -0.381 e. The van der Waals surface area contributed by atoms with Crippen LogP contribution in [-0.2, 0) is 11.3 Å². The fourth-order valence-corrected chi connectivity index (χ4v) is 3.09. The SMILES string of the molecule is Cc1ncc(I)c(=O)n1CC1(CS)CCOCC1. The van der Waals surface area contributed by atoms with E-state index in [9.17, 15) is 4.79 Å². The van der Waals surface area contributed by atoms with E-state index in [2.05, 4.69) is 17.6 Å². The van der Waals surface area contributed by atoms with Crippen molar-refractivity contribution in [2.75, 3.05) is 19.0 Å². The minimum atomic E-state index is 0.0516. The first-order chi connectivity index (χ1) is 8.58. The maximum Gasteiger partial charge on any atom is 0.266 e. The molecule has 0 radical (unpaired) electrons. The first-order valence-corrected chi connectivity index (χ1v) is 7.70. The van der Waals surface area contributed by atoms with Gasteiger partial charge in [-0.3, -0.25) is 9.36 Å². The van der Waals surface area contributed by atoms with Crippen LogP contribution in [0.3, 0.4) is 0 Å². The standard InChI is InChI=1S/C12H17IN2O2S/c1-9-14-6-10(13)11(16)15(9)7-12(8-18)2-4-17-5-3-12/h6,18H,2-5,7-8H2,1H3. The number of hydrogen-bond acceptors (Lipinski definition) is 4. The van der Waals surface area contributed by atoms with Gasteiger partial charge in [0.15, 0.2) is 0 Å². The van der Waals surface area contributed by atoms with Crippen LogP contribution in [0.5, 0.6) is 0 Å². The van der Waals surface area contributed by atoms with E-state index >= 15 is 0 Å². The third kappa shape index (κ3) is 2.91. The van der Waals surface area contributed by atoms with Crippen LogP contribution in [0.1, 0.15) is 18.7 Å². The number of aryl methyl sites for hydroxylation is 1. The number of rotatable bonds is 3. The van der Waals surface area contributed by atoms with Gasteiger partial charge in [0, 0.05) is 31.4 Å². The van der Waals surface area contributed by atoms with Crippen molar-refractivity contribution in [3.63, 3.8) is 0 Å². The topological polar surface area (TPSA) is 44.1 Å². The molecule has 18 heavy (non-hydrogen) atoms. The van der Waals surface area contributed by atoms with Gasteiger partial charge in [0.25, 0.3) is 5.56 Å². The third-order valence-electron chi connectivity index (χ3n) is 3.59. The fraction of sp³-hybridized carbons (Fsp3) is 0.667. The Morgan fingerprint density at radius 2 is 2.22 bits per heavy atom. The summed E-state index contributed by atoms with van der Waals surface area (Å²) in [6, 6.07) is 0. The predicted octanol–water partition coefficient (Wildman–Crippen LogP) is 1.88. The fourth-order valence-electron chi connectivity index (χ4n) is 2.24. The number of thiol groups is 1. The van der Waals surface area contributed by atoms with Crippen LogP contribution in [0, 0.1) is 15.9 Å². The zero-order valence-corrected chi connectivity index (χ0v) is 13.4. The maximum absolute atomic E-state index is 12.2. The number of halogens is 1. The lowest BCUT2D eigenvalue weighted by molar-refractivity contribution is 0.0172. The van der Waals surface area contributed by atoms with E-state index < -0.39 is 0 Å². The molecule has 1 fully saturated rings. The lowest BCUT2D eigenvalue weighted by atomic mass is 9.82. The molecule has 1 aromatic heterocycles. The molecular weight excluding hydrogens is 363 g/mol. The Bertz CT molecular complexity index is 483. The van der Waals surface area contributed by atoms with Gasteiger partial charge in [-0.2, -0.15) is 12.6 Å². The van der Waals surface area contributed by atoms with Gasteiger partial charge in [0.05, 0.1) is 3.57 Å². The molecule has 2 heterocycles. The van der Waals surface area contributed by atoms with Gasteiger partial charge < -0.3 is 4.74 Å². The summed E-state index contributed by atoms with van der Waals surface area (Å²) in [6.45, 7) is 4.08. The Morgan fingerprint density at radius 3 is 2.83 bits per heavy atom. The van der Waals surface area contributed by atoms with Crippen LogP contribution in [0.25, 0.3) is 0 Å². The molecule has 0 N–H and O–H groups in total. The summed E-state index contributed by atoms with van der Waals surface area (Å²) in [5.41, 5.74) is 0.109. The summed E-state index contributed by atoms with van der Waals surface area (Å²) in [4.78, 5) is 16.5. The highest BCUT2D eigenvalue weighted by Gasteiger charge is 2.32. The lowest BCUT2D eigenvalue weighted by Crippen LogP contribution is -2.40. The Kier molecular flexibility index (Phi) is 4.71. The number of hydrogen-bond donors (Lipinski definition) is 1. The van der Waals surface area contributed by atoms with E-state index in [4.69, 9.17) is 4.74 Å². The maximum atomic E-state index is 12.2. The van der Waals surface area contributed by atoms with Gasteiger partial charge in [0.1, 0.15) is 5.82 Å². The van der Waals surface area contributed by atoms with Crippen molar-refractivity contribution < 1.29 is 4.74 Å². The molecule has 4 nitrogen and oxygen atoms in total. The number of nitrogens with zero attached hydrogens (tertiary/aromatic N) is 2. The first kappa shape index (κ1) is 14.3. The van der Waals surface area contributed by atoms with Gasteiger partial charge >= 0.3 is 0 Å². The zero-order valence-electron chi connectivity index (χ0n) is 10.4. The van der Waals surface area contributed by atoms with Gasteiger partial charge in [-0.05, 0) is 48.1 Å².